The highest BCUT2D eigenvalue weighted by Crippen LogP contribution is 2.33. The van der Waals surface area contributed by atoms with Gasteiger partial charge < -0.3 is 14.0 Å². The summed E-state index contributed by atoms with van der Waals surface area (Å²) in [6.45, 7) is 6.52. The SMILES string of the molecule is COCOc1ccc(F)cc1C(CC#C[Si](C)(C)C)c1cccn(C)c1=O. The minimum Gasteiger partial charge on any atom is -0.467 e. The monoisotopic (exact) mass is 387 g/mol. The number of pyridine rings is 1. The normalized spacial score (nSPS) is 12.2. The van der Waals surface area contributed by atoms with Crippen LogP contribution in [0.5, 0.6) is 5.75 Å². The van der Waals surface area contributed by atoms with Gasteiger partial charge in [-0.3, -0.25) is 4.79 Å². The molecule has 1 aromatic carbocycles. The minimum atomic E-state index is -1.57. The van der Waals surface area contributed by atoms with E-state index in [1.165, 1.54) is 23.8 Å². The number of hydrogen-bond acceptors (Lipinski definition) is 3. The molecule has 0 fully saturated rings. The molecule has 0 aliphatic heterocycles. The molecular weight excluding hydrogens is 361 g/mol. The first-order chi connectivity index (χ1) is 12.7. The quantitative estimate of drug-likeness (QED) is 0.429. The topological polar surface area (TPSA) is 40.5 Å². The molecule has 0 bridgehead atoms. The van der Waals surface area contributed by atoms with Crippen molar-refractivity contribution >= 4 is 8.07 Å². The maximum atomic E-state index is 14.0. The number of benzene rings is 1. The zero-order valence-electron chi connectivity index (χ0n) is 16.5. The molecule has 0 radical (unpaired) electrons. The van der Waals surface area contributed by atoms with Crippen molar-refractivity contribution in [1.29, 1.82) is 0 Å². The Bertz CT molecular complexity index is 906. The van der Waals surface area contributed by atoms with Crippen molar-refractivity contribution in [1.82, 2.24) is 4.57 Å². The third-order valence-electron chi connectivity index (χ3n) is 3.98. The van der Waals surface area contributed by atoms with Gasteiger partial charge in [-0.25, -0.2) is 4.39 Å². The average molecular weight is 388 g/mol. The zero-order chi connectivity index (χ0) is 20.0. The van der Waals surface area contributed by atoms with E-state index in [9.17, 15) is 9.18 Å². The number of methoxy groups -OCH3 is 1. The highest BCUT2D eigenvalue weighted by Gasteiger charge is 2.22. The number of aryl methyl sites for hydroxylation is 1. The fourth-order valence-corrected chi connectivity index (χ4v) is 3.37. The molecule has 0 saturated heterocycles. The molecule has 0 aliphatic rings. The van der Waals surface area contributed by atoms with Crippen molar-refractivity contribution in [3.05, 3.63) is 63.8 Å². The van der Waals surface area contributed by atoms with Crippen molar-refractivity contribution < 1.29 is 13.9 Å². The summed E-state index contributed by atoms with van der Waals surface area (Å²) in [6, 6.07) is 7.90. The summed E-state index contributed by atoms with van der Waals surface area (Å²) in [5.41, 5.74) is 4.36. The van der Waals surface area contributed by atoms with E-state index in [0.29, 0.717) is 23.3 Å². The zero-order valence-corrected chi connectivity index (χ0v) is 17.5. The Kier molecular flexibility index (Phi) is 7.00. The third kappa shape index (κ3) is 5.81. The second-order valence-electron chi connectivity index (χ2n) is 7.42. The van der Waals surface area contributed by atoms with E-state index in [2.05, 4.69) is 31.1 Å². The molecule has 2 aromatic rings. The van der Waals surface area contributed by atoms with Crippen LogP contribution in [0.3, 0.4) is 0 Å². The molecule has 0 N–H and O–H groups in total. The fraction of sp³-hybridized carbons (Fsp3) is 0.381. The summed E-state index contributed by atoms with van der Waals surface area (Å²) in [7, 11) is 1.65. The summed E-state index contributed by atoms with van der Waals surface area (Å²) >= 11 is 0. The molecule has 27 heavy (non-hydrogen) atoms. The molecule has 2 rings (SSSR count). The van der Waals surface area contributed by atoms with Gasteiger partial charge in [-0.05, 0) is 24.3 Å². The van der Waals surface area contributed by atoms with E-state index in [1.54, 1.807) is 25.4 Å². The summed E-state index contributed by atoms with van der Waals surface area (Å²) in [4.78, 5) is 12.7. The Labute approximate surface area is 161 Å². The van der Waals surface area contributed by atoms with Crippen LogP contribution in [0.2, 0.25) is 19.6 Å². The van der Waals surface area contributed by atoms with Gasteiger partial charge in [-0.15, -0.1) is 11.5 Å². The van der Waals surface area contributed by atoms with Gasteiger partial charge in [0.1, 0.15) is 19.6 Å². The standard InChI is InChI=1S/C21H26FNO3Si/c1-23-12-6-8-18(21(23)24)17(9-7-13-27(3,4)5)19-14-16(22)10-11-20(19)26-15-25-2/h6,8,10-12,14,17H,9,15H2,1-5H3. The Balaban J connectivity index is 2.58. The third-order valence-corrected chi connectivity index (χ3v) is 4.90. The lowest BCUT2D eigenvalue weighted by atomic mass is 9.88. The lowest BCUT2D eigenvalue weighted by molar-refractivity contribution is 0.0502. The predicted molar refractivity (Wildman–Crippen MR) is 108 cm³/mol. The lowest BCUT2D eigenvalue weighted by Gasteiger charge is -2.19. The van der Waals surface area contributed by atoms with Gasteiger partial charge >= 0.3 is 0 Å². The van der Waals surface area contributed by atoms with Gasteiger partial charge in [0.25, 0.3) is 5.56 Å². The summed E-state index contributed by atoms with van der Waals surface area (Å²) < 4.78 is 26.2. The molecule has 1 unspecified atom stereocenters. The number of ether oxygens (including phenoxy) is 2. The number of hydrogen-bond donors (Lipinski definition) is 0. The van der Waals surface area contributed by atoms with Gasteiger partial charge in [-0.1, -0.05) is 25.7 Å². The van der Waals surface area contributed by atoms with E-state index in [4.69, 9.17) is 9.47 Å². The van der Waals surface area contributed by atoms with Crippen molar-refractivity contribution in [3.8, 4) is 17.2 Å². The van der Waals surface area contributed by atoms with Crippen LogP contribution in [0.25, 0.3) is 0 Å². The fourth-order valence-electron chi connectivity index (χ4n) is 2.73. The van der Waals surface area contributed by atoms with Crippen LogP contribution in [0.1, 0.15) is 23.5 Å². The van der Waals surface area contributed by atoms with Gasteiger partial charge in [0.15, 0.2) is 6.79 Å². The summed E-state index contributed by atoms with van der Waals surface area (Å²) in [6.07, 6.45) is 2.11. The Morgan fingerprint density at radius 1 is 1.22 bits per heavy atom. The van der Waals surface area contributed by atoms with Crippen LogP contribution in [0, 0.1) is 17.3 Å². The molecule has 1 heterocycles. The average Bonchev–Trinajstić information content (AvgIpc) is 2.60. The van der Waals surface area contributed by atoms with E-state index in [-0.39, 0.29) is 18.2 Å². The molecule has 6 heteroatoms. The number of halogens is 1. The van der Waals surface area contributed by atoms with E-state index in [0.717, 1.165) is 0 Å². The second-order valence-corrected chi connectivity index (χ2v) is 12.2. The summed E-state index contributed by atoms with van der Waals surface area (Å²) in [5, 5.41) is 0. The van der Waals surface area contributed by atoms with Crippen molar-refractivity contribution in [2.45, 2.75) is 32.0 Å². The van der Waals surface area contributed by atoms with Crippen LogP contribution < -0.4 is 10.3 Å². The second kappa shape index (κ2) is 9.02. The maximum absolute atomic E-state index is 14.0. The largest absolute Gasteiger partial charge is 0.467 e. The van der Waals surface area contributed by atoms with Gasteiger partial charge in [0.2, 0.25) is 0 Å². The molecule has 1 atom stereocenters. The van der Waals surface area contributed by atoms with E-state index < -0.39 is 14.0 Å². The van der Waals surface area contributed by atoms with Crippen LogP contribution in [-0.4, -0.2) is 26.5 Å². The molecule has 0 saturated carbocycles. The minimum absolute atomic E-state index is 0.0404. The molecular formula is C21H26FNO3Si. The smallest absolute Gasteiger partial charge is 0.254 e. The predicted octanol–water partition coefficient (Wildman–Crippen LogP) is 3.91. The molecule has 4 nitrogen and oxygen atoms in total. The number of nitrogens with zero attached hydrogens (tertiary/aromatic N) is 1. The Morgan fingerprint density at radius 3 is 2.63 bits per heavy atom. The maximum Gasteiger partial charge on any atom is 0.254 e. The van der Waals surface area contributed by atoms with Gasteiger partial charge in [0, 0.05) is 43.8 Å². The molecule has 0 spiro atoms. The highest BCUT2D eigenvalue weighted by molar-refractivity contribution is 6.83. The molecule has 144 valence electrons. The first-order valence-corrected chi connectivity index (χ1v) is 12.3. The molecule has 1 aromatic heterocycles. The van der Waals surface area contributed by atoms with Crippen molar-refractivity contribution in [3.63, 3.8) is 0 Å². The first-order valence-electron chi connectivity index (χ1n) is 8.79. The van der Waals surface area contributed by atoms with Crippen LogP contribution >= 0.6 is 0 Å². The van der Waals surface area contributed by atoms with Crippen LogP contribution in [0.4, 0.5) is 4.39 Å². The molecule has 0 amide bonds. The van der Waals surface area contributed by atoms with E-state index >= 15 is 0 Å². The highest BCUT2D eigenvalue weighted by atomic mass is 28.3. The van der Waals surface area contributed by atoms with Crippen LogP contribution in [0.15, 0.2) is 41.3 Å². The van der Waals surface area contributed by atoms with Gasteiger partial charge in [0.05, 0.1) is 0 Å². The number of aromatic nitrogens is 1. The summed E-state index contributed by atoms with van der Waals surface area (Å²) in [5.74, 6) is 2.94. The Morgan fingerprint density at radius 2 is 1.96 bits per heavy atom. The van der Waals surface area contributed by atoms with Gasteiger partial charge in [-0.2, -0.15) is 0 Å². The number of rotatable bonds is 6. The van der Waals surface area contributed by atoms with Crippen molar-refractivity contribution in [2.75, 3.05) is 13.9 Å². The first kappa shape index (κ1) is 20.9. The lowest BCUT2D eigenvalue weighted by Crippen LogP contribution is -2.23. The van der Waals surface area contributed by atoms with Crippen LogP contribution in [-0.2, 0) is 11.8 Å². The molecule has 0 aliphatic carbocycles. The van der Waals surface area contributed by atoms with E-state index in [1.807, 2.05) is 6.07 Å². The Hall–Kier alpha value is -2.36. The van der Waals surface area contributed by atoms with Crippen molar-refractivity contribution in [2.24, 2.45) is 7.05 Å².